The molecular formula is C16H20N6O. The number of hydrogen-bond acceptors (Lipinski definition) is 5. The molecule has 0 radical (unpaired) electrons. The Kier molecular flexibility index (Phi) is 5.80. The Morgan fingerprint density at radius 3 is 2.74 bits per heavy atom. The Bertz CT molecular complexity index is 673. The number of tetrazole rings is 1. The van der Waals surface area contributed by atoms with Crippen LogP contribution in [0.4, 0.5) is 0 Å². The molecule has 1 amide bonds. The summed E-state index contributed by atoms with van der Waals surface area (Å²) in [5.74, 6) is 0.450. The summed E-state index contributed by atoms with van der Waals surface area (Å²) in [6.07, 6.45) is 1.13. The van der Waals surface area contributed by atoms with Gasteiger partial charge in [0.1, 0.15) is 0 Å². The Morgan fingerprint density at radius 1 is 1.35 bits per heavy atom. The molecule has 0 aliphatic rings. The highest BCUT2D eigenvalue weighted by molar-refractivity contribution is 5.94. The van der Waals surface area contributed by atoms with Crippen molar-refractivity contribution < 1.29 is 4.79 Å². The molecule has 23 heavy (non-hydrogen) atoms. The molecule has 0 fully saturated rings. The summed E-state index contributed by atoms with van der Waals surface area (Å²) in [7, 11) is 0. The van der Waals surface area contributed by atoms with Crippen LogP contribution in [0.1, 0.15) is 48.9 Å². The Morgan fingerprint density at radius 2 is 2.09 bits per heavy atom. The summed E-state index contributed by atoms with van der Waals surface area (Å²) in [5.41, 5.74) is 0.597. The van der Waals surface area contributed by atoms with Gasteiger partial charge in [-0.2, -0.15) is 10.1 Å². The van der Waals surface area contributed by atoms with Gasteiger partial charge < -0.3 is 5.32 Å². The third-order valence-corrected chi connectivity index (χ3v) is 3.38. The van der Waals surface area contributed by atoms with Crippen LogP contribution in [-0.4, -0.2) is 26.1 Å². The maximum absolute atomic E-state index is 12.3. The molecule has 1 heterocycles. The molecule has 0 aliphatic carbocycles. The van der Waals surface area contributed by atoms with Crippen LogP contribution in [0.3, 0.4) is 0 Å². The van der Waals surface area contributed by atoms with Gasteiger partial charge in [-0.25, -0.2) is 0 Å². The quantitative estimate of drug-likeness (QED) is 0.790. The number of hydrogen-bond donors (Lipinski definition) is 1. The van der Waals surface area contributed by atoms with Crippen LogP contribution in [0.2, 0.25) is 0 Å². The van der Waals surface area contributed by atoms with E-state index in [4.69, 9.17) is 5.26 Å². The molecule has 0 spiro atoms. The maximum atomic E-state index is 12.3. The van der Waals surface area contributed by atoms with Gasteiger partial charge in [-0.1, -0.05) is 32.0 Å². The molecule has 1 atom stereocenters. The lowest BCUT2D eigenvalue weighted by atomic mass is 10.0. The van der Waals surface area contributed by atoms with E-state index in [1.807, 2.05) is 32.0 Å². The van der Waals surface area contributed by atoms with Gasteiger partial charge in [0.2, 0.25) is 0 Å². The first-order valence-electron chi connectivity index (χ1n) is 7.62. The standard InChI is InChI=1S/C16H20N6O/c1-12(2)14(18-16(23)13-8-4-3-5-9-13)15-19-21-22(20-15)11-7-6-10-17/h3-5,8-9,12,14H,6-7,11H2,1-2H3,(H,18,23)/t14-/m1/s1. The second kappa shape index (κ2) is 8.03. The molecule has 1 N–H and O–H groups in total. The van der Waals surface area contributed by atoms with Crippen molar-refractivity contribution >= 4 is 5.91 Å². The van der Waals surface area contributed by atoms with Crippen molar-refractivity contribution in [3.05, 3.63) is 41.7 Å². The van der Waals surface area contributed by atoms with Crippen molar-refractivity contribution in [3.63, 3.8) is 0 Å². The lowest BCUT2D eigenvalue weighted by molar-refractivity contribution is 0.0923. The van der Waals surface area contributed by atoms with E-state index in [1.54, 1.807) is 12.1 Å². The molecule has 0 saturated carbocycles. The van der Waals surface area contributed by atoms with Crippen molar-refractivity contribution in [1.29, 1.82) is 5.26 Å². The van der Waals surface area contributed by atoms with E-state index in [9.17, 15) is 4.79 Å². The fraction of sp³-hybridized carbons (Fsp3) is 0.438. The van der Waals surface area contributed by atoms with Crippen molar-refractivity contribution in [2.24, 2.45) is 5.92 Å². The molecule has 0 bridgehead atoms. The van der Waals surface area contributed by atoms with E-state index in [0.717, 1.165) is 0 Å². The van der Waals surface area contributed by atoms with Crippen molar-refractivity contribution in [2.75, 3.05) is 0 Å². The van der Waals surface area contributed by atoms with Gasteiger partial charge in [0, 0.05) is 12.0 Å². The molecule has 0 saturated heterocycles. The highest BCUT2D eigenvalue weighted by Crippen LogP contribution is 2.18. The number of nitriles is 1. The highest BCUT2D eigenvalue weighted by atomic mass is 16.1. The number of aromatic nitrogens is 4. The number of nitrogens with one attached hydrogen (secondary N) is 1. The highest BCUT2D eigenvalue weighted by Gasteiger charge is 2.23. The van der Waals surface area contributed by atoms with Gasteiger partial charge in [-0.05, 0) is 29.7 Å². The molecule has 7 nitrogen and oxygen atoms in total. The van der Waals surface area contributed by atoms with Crippen molar-refractivity contribution in [2.45, 2.75) is 39.3 Å². The third-order valence-electron chi connectivity index (χ3n) is 3.38. The van der Waals surface area contributed by atoms with Crippen LogP contribution in [0, 0.1) is 17.2 Å². The van der Waals surface area contributed by atoms with Crippen LogP contribution in [0.5, 0.6) is 0 Å². The number of unbranched alkanes of at least 4 members (excludes halogenated alkanes) is 1. The first-order valence-corrected chi connectivity index (χ1v) is 7.62. The normalized spacial score (nSPS) is 11.9. The average molecular weight is 312 g/mol. The van der Waals surface area contributed by atoms with Crippen molar-refractivity contribution in [1.82, 2.24) is 25.5 Å². The number of benzene rings is 1. The van der Waals surface area contributed by atoms with Crippen molar-refractivity contribution in [3.8, 4) is 6.07 Å². The summed E-state index contributed by atoms with van der Waals surface area (Å²) in [6.45, 7) is 4.52. The molecule has 120 valence electrons. The summed E-state index contributed by atoms with van der Waals surface area (Å²) < 4.78 is 0. The number of rotatable bonds is 7. The minimum Gasteiger partial charge on any atom is -0.342 e. The molecule has 1 aromatic carbocycles. The summed E-state index contributed by atoms with van der Waals surface area (Å²) in [4.78, 5) is 13.8. The Labute approximate surface area is 135 Å². The van der Waals surface area contributed by atoms with Crippen LogP contribution >= 0.6 is 0 Å². The summed E-state index contributed by atoms with van der Waals surface area (Å²) in [5, 5.41) is 23.9. The predicted octanol–water partition coefficient (Wildman–Crippen LogP) is 2.10. The first kappa shape index (κ1) is 16.6. The zero-order valence-electron chi connectivity index (χ0n) is 13.3. The van der Waals surface area contributed by atoms with E-state index >= 15 is 0 Å². The third kappa shape index (κ3) is 4.61. The molecule has 0 unspecified atom stereocenters. The molecule has 1 aromatic heterocycles. The second-order valence-electron chi connectivity index (χ2n) is 5.57. The summed E-state index contributed by atoms with van der Waals surface area (Å²) in [6, 6.07) is 10.8. The number of aryl methyl sites for hydroxylation is 1. The van der Waals surface area contributed by atoms with Gasteiger partial charge in [0.15, 0.2) is 5.82 Å². The van der Waals surface area contributed by atoms with Crippen LogP contribution < -0.4 is 5.32 Å². The van der Waals surface area contributed by atoms with E-state index < -0.39 is 0 Å². The average Bonchev–Trinajstić information content (AvgIpc) is 3.01. The number of carbonyl (C=O) groups is 1. The molecule has 2 aromatic rings. The largest absolute Gasteiger partial charge is 0.342 e. The zero-order chi connectivity index (χ0) is 16.7. The summed E-state index contributed by atoms with van der Waals surface area (Å²) >= 11 is 0. The molecular weight excluding hydrogens is 292 g/mol. The van der Waals surface area contributed by atoms with Crippen LogP contribution in [0.15, 0.2) is 30.3 Å². The Balaban J connectivity index is 2.07. The van der Waals surface area contributed by atoms with E-state index in [0.29, 0.717) is 30.8 Å². The van der Waals surface area contributed by atoms with E-state index in [2.05, 4.69) is 26.8 Å². The monoisotopic (exact) mass is 312 g/mol. The molecule has 7 heteroatoms. The minimum absolute atomic E-state index is 0.124. The van der Waals surface area contributed by atoms with E-state index in [-0.39, 0.29) is 17.9 Å². The molecule has 0 aliphatic heterocycles. The fourth-order valence-corrected chi connectivity index (χ4v) is 2.12. The maximum Gasteiger partial charge on any atom is 0.251 e. The first-order chi connectivity index (χ1) is 11.1. The fourth-order valence-electron chi connectivity index (χ4n) is 2.12. The van der Waals surface area contributed by atoms with Gasteiger partial charge in [-0.15, -0.1) is 10.2 Å². The van der Waals surface area contributed by atoms with Crippen LogP contribution in [-0.2, 0) is 6.54 Å². The topological polar surface area (TPSA) is 96.5 Å². The van der Waals surface area contributed by atoms with E-state index in [1.165, 1.54) is 4.80 Å². The SMILES string of the molecule is CC(C)[C@@H](NC(=O)c1ccccc1)c1nnn(CCCC#N)n1. The van der Waals surface area contributed by atoms with Crippen LogP contribution in [0.25, 0.3) is 0 Å². The lowest BCUT2D eigenvalue weighted by Crippen LogP contribution is -2.32. The number of nitrogens with zero attached hydrogens (tertiary/aromatic N) is 5. The Hall–Kier alpha value is -2.75. The van der Waals surface area contributed by atoms with Gasteiger partial charge in [0.05, 0.1) is 18.7 Å². The smallest absolute Gasteiger partial charge is 0.251 e. The molecule has 2 rings (SSSR count). The minimum atomic E-state index is -0.313. The van der Waals surface area contributed by atoms with Gasteiger partial charge in [-0.3, -0.25) is 4.79 Å². The van der Waals surface area contributed by atoms with Gasteiger partial charge >= 0.3 is 0 Å². The zero-order valence-corrected chi connectivity index (χ0v) is 13.3. The number of amides is 1. The van der Waals surface area contributed by atoms with Gasteiger partial charge in [0.25, 0.3) is 5.91 Å². The number of carbonyl (C=O) groups excluding carboxylic acids is 1. The lowest BCUT2D eigenvalue weighted by Gasteiger charge is -2.19. The second-order valence-corrected chi connectivity index (χ2v) is 5.57. The predicted molar refractivity (Wildman–Crippen MR) is 84.2 cm³/mol.